The number of hydrogen-bond donors (Lipinski definition) is 1. The van der Waals surface area contributed by atoms with E-state index in [-0.39, 0.29) is 11.7 Å². The average molecular weight is 277 g/mol. The summed E-state index contributed by atoms with van der Waals surface area (Å²) in [6.45, 7) is 11.2. The van der Waals surface area contributed by atoms with Crippen molar-refractivity contribution in [1.82, 2.24) is 5.32 Å². The summed E-state index contributed by atoms with van der Waals surface area (Å²) in [5.41, 5.74) is 1.14. The van der Waals surface area contributed by atoms with Gasteiger partial charge < -0.3 is 14.8 Å². The molecule has 1 aliphatic heterocycles. The van der Waals surface area contributed by atoms with Crippen LogP contribution in [0.1, 0.15) is 45.8 Å². The minimum Gasteiger partial charge on any atom is -0.494 e. The van der Waals surface area contributed by atoms with Gasteiger partial charge in [-0.15, -0.1) is 0 Å². The summed E-state index contributed by atoms with van der Waals surface area (Å²) in [6, 6.07) is 8.27. The predicted molar refractivity (Wildman–Crippen MR) is 82.2 cm³/mol. The molecule has 1 heterocycles. The van der Waals surface area contributed by atoms with E-state index in [4.69, 9.17) is 9.47 Å². The highest BCUT2D eigenvalue weighted by Crippen LogP contribution is 2.32. The van der Waals surface area contributed by atoms with Gasteiger partial charge in [0.2, 0.25) is 0 Å². The molecule has 1 saturated heterocycles. The van der Waals surface area contributed by atoms with Crippen molar-refractivity contribution in [2.24, 2.45) is 5.92 Å². The van der Waals surface area contributed by atoms with Crippen molar-refractivity contribution < 1.29 is 9.47 Å². The fourth-order valence-corrected chi connectivity index (χ4v) is 3.01. The Morgan fingerprint density at radius 3 is 2.65 bits per heavy atom. The number of rotatable bonds is 5. The Labute approximate surface area is 122 Å². The minimum absolute atomic E-state index is 0.0737. The standard InChI is InChI=1S/C17H27NO2/c1-5-19-15-8-6-14(7-9-15)16-11-18-12-17(4,20-16)10-13(2)3/h6-9,13,16,18H,5,10-12H2,1-4H3. The van der Waals surface area contributed by atoms with Crippen molar-refractivity contribution in [2.75, 3.05) is 19.7 Å². The monoisotopic (exact) mass is 277 g/mol. The molecule has 20 heavy (non-hydrogen) atoms. The van der Waals surface area contributed by atoms with Crippen LogP contribution in [0, 0.1) is 5.92 Å². The summed E-state index contributed by atoms with van der Waals surface area (Å²) < 4.78 is 11.9. The van der Waals surface area contributed by atoms with Gasteiger partial charge in [-0.1, -0.05) is 26.0 Å². The first kappa shape index (κ1) is 15.3. The quantitative estimate of drug-likeness (QED) is 0.893. The van der Waals surface area contributed by atoms with E-state index in [2.05, 4.69) is 38.2 Å². The molecule has 1 aromatic rings. The third-order valence-corrected chi connectivity index (χ3v) is 3.66. The zero-order chi connectivity index (χ0) is 14.6. The Kier molecular flexibility index (Phi) is 5.06. The van der Waals surface area contributed by atoms with Crippen molar-refractivity contribution in [3.8, 4) is 5.75 Å². The highest BCUT2D eigenvalue weighted by molar-refractivity contribution is 5.29. The van der Waals surface area contributed by atoms with E-state index in [0.29, 0.717) is 12.5 Å². The molecule has 0 amide bonds. The fourth-order valence-electron chi connectivity index (χ4n) is 3.01. The maximum atomic E-state index is 6.37. The van der Waals surface area contributed by atoms with Crippen LogP contribution < -0.4 is 10.1 Å². The maximum absolute atomic E-state index is 6.37. The van der Waals surface area contributed by atoms with E-state index >= 15 is 0 Å². The summed E-state index contributed by atoms with van der Waals surface area (Å²) in [6.07, 6.45) is 1.20. The van der Waals surface area contributed by atoms with Crippen LogP contribution in [0.5, 0.6) is 5.75 Å². The van der Waals surface area contributed by atoms with Gasteiger partial charge in [0.15, 0.2) is 0 Å². The van der Waals surface area contributed by atoms with Crippen LogP contribution in [0.2, 0.25) is 0 Å². The van der Waals surface area contributed by atoms with E-state index in [9.17, 15) is 0 Å². The Hall–Kier alpha value is -1.06. The molecule has 3 nitrogen and oxygen atoms in total. The second-order valence-corrected chi connectivity index (χ2v) is 6.29. The van der Waals surface area contributed by atoms with Gasteiger partial charge in [0.25, 0.3) is 0 Å². The molecule has 0 radical (unpaired) electrons. The van der Waals surface area contributed by atoms with Gasteiger partial charge in [-0.3, -0.25) is 0 Å². The highest BCUT2D eigenvalue weighted by atomic mass is 16.5. The molecule has 1 aliphatic rings. The maximum Gasteiger partial charge on any atom is 0.119 e. The third-order valence-electron chi connectivity index (χ3n) is 3.66. The molecular formula is C17H27NO2. The van der Waals surface area contributed by atoms with Gasteiger partial charge in [-0.2, -0.15) is 0 Å². The number of morpholine rings is 1. The lowest BCUT2D eigenvalue weighted by atomic mass is 9.91. The third kappa shape index (κ3) is 3.97. The van der Waals surface area contributed by atoms with Crippen LogP contribution in [-0.2, 0) is 4.74 Å². The number of ether oxygens (including phenoxy) is 2. The molecule has 2 unspecified atom stereocenters. The van der Waals surface area contributed by atoms with Crippen molar-refractivity contribution in [3.05, 3.63) is 29.8 Å². The van der Waals surface area contributed by atoms with Crippen molar-refractivity contribution in [3.63, 3.8) is 0 Å². The lowest BCUT2D eigenvalue weighted by Gasteiger charge is -2.40. The van der Waals surface area contributed by atoms with Gasteiger partial charge in [0.1, 0.15) is 5.75 Å². The zero-order valence-corrected chi connectivity index (χ0v) is 13.1. The normalized spacial score (nSPS) is 26.8. The summed E-state index contributed by atoms with van der Waals surface area (Å²) in [4.78, 5) is 0. The minimum atomic E-state index is -0.0737. The van der Waals surface area contributed by atoms with Gasteiger partial charge in [-0.25, -0.2) is 0 Å². The van der Waals surface area contributed by atoms with Crippen LogP contribution in [0.3, 0.4) is 0 Å². The molecule has 2 rings (SSSR count). The molecule has 0 aliphatic carbocycles. The number of benzene rings is 1. The largest absolute Gasteiger partial charge is 0.494 e. The molecule has 1 aromatic carbocycles. The summed E-state index contributed by atoms with van der Waals surface area (Å²) in [5.74, 6) is 1.56. The van der Waals surface area contributed by atoms with E-state index in [0.717, 1.165) is 25.3 Å². The summed E-state index contributed by atoms with van der Waals surface area (Å²) in [5, 5.41) is 3.51. The molecule has 0 spiro atoms. The first-order valence-electron chi connectivity index (χ1n) is 7.64. The molecule has 0 saturated carbocycles. The van der Waals surface area contributed by atoms with E-state index in [1.165, 1.54) is 5.56 Å². The molecule has 0 bridgehead atoms. The van der Waals surface area contributed by atoms with Crippen molar-refractivity contribution in [2.45, 2.75) is 45.8 Å². The smallest absolute Gasteiger partial charge is 0.119 e. The van der Waals surface area contributed by atoms with E-state index in [1.54, 1.807) is 0 Å². The number of nitrogens with one attached hydrogen (secondary N) is 1. The second kappa shape index (κ2) is 6.59. The Morgan fingerprint density at radius 2 is 2.05 bits per heavy atom. The molecule has 112 valence electrons. The van der Waals surface area contributed by atoms with Crippen molar-refractivity contribution >= 4 is 0 Å². The first-order chi connectivity index (χ1) is 9.52. The van der Waals surface area contributed by atoms with Crippen LogP contribution in [0.25, 0.3) is 0 Å². The molecule has 2 atom stereocenters. The van der Waals surface area contributed by atoms with Gasteiger partial charge in [0, 0.05) is 13.1 Å². The lowest BCUT2D eigenvalue weighted by Crippen LogP contribution is -2.49. The van der Waals surface area contributed by atoms with E-state index in [1.807, 2.05) is 19.1 Å². The summed E-state index contributed by atoms with van der Waals surface area (Å²) in [7, 11) is 0. The Morgan fingerprint density at radius 1 is 1.35 bits per heavy atom. The molecule has 1 fully saturated rings. The molecular weight excluding hydrogens is 250 g/mol. The van der Waals surface area contributed by atoms with Crippen LogP contribution in [0.4, 0.5) is 0 Å². The van der Waals surface area contributed by atoms with Gasteiger partial charge in [-0.05, 0) is 43.9 Å². The summed E-state index contributed by atoms with van der Waals surface area (Å²) >= 11 is 0. The molecule has 3 heteroatoms. The second-order valence-electron chi connectivity index (χ2n) is 6.29. The topological polar surface area (TPSA) is 30.5 Å². The average Bonchev–Trinajstić information content (AvgIpc) is 2.38. The fraction of sp³-hybridized carbons (Fsp3) is 0.647. The Bertz CT molecular complexity index is 416. The van der Waals surface area contributed by atoms with Gasteiger partial charge >= 0.3 is 0 Å². The Balaban J connectivity index is 2.04. The predicted octanol–water partition coefficient (Wildman–Crippen LogP) is 3.55. The van der Waals surface area contributed by atoms with Crippen molar-refractivity contribution in [1.29, 1.82) is 0 Å². The molecule has 0 aromatic heterocycles. The van der Waals surface area contributed by atoms with Gasteiger partial charge in [0.05, 0.1) is 18.3 Å². The first-order valence-corrected chi connectivity index (χ1v) is 7.64. The highest BCUT2D eigenvalue weighted by Gasteiger charge is 2.33. The van der Waals surface area contributed by atoms with Crippen LogP contribution in [0.15, 0.2) is 24.3 Å². The SMILES string of the molecule is CCOc1ccc(C2CNCC(C)(CC(C)C)O2)cc1. The lowest BCUT2D eigenvalue weighted by molar-refractivity contribution is -0.117. The zero-order valence-electron chi connectivity index (χ0n) is 13.1. The molecule has 1 N–H and O–H groups in total. The van der Waals surface area contributed by atoms with E-state index < -0.39 is 0 Å². The van der Waals surface area contributed by atoms with Crippen LogP contribution in [-0.4, -0.2) is 25.3 Å². The van der Waals surface area contributed by atoms with Crippen LogP contribution >= 0.6 is 0 Å². The number of hydrogen-bond acceptors (Lipinski definition) is 3.